The summed E-state index contributed by atoms with van der Waals surface area (Å²) in [4.78, 5) is 13.6. The van der Waals surface area contributed by atoms with Crippen molar-refractivity contribution in [2.24, 2.45) is 11.7 Å². The van der Waals surface area contributed by atoms with Crippen LogP contribution in [0, 0.1) is 5.92 Å². The summed E-state index contributed by atoms with van der Waals surface area (Å²) < 4.78 is 0. The van der Waals surface area contributed by atoms with Gasteiger partial charge in [-0.3, -0.25) is 4.79 Å². The number of hydrogen-bond donors (Lipinski definition) is 2. The Labute approximate surface area is 111 Å². The van der Waals surface area contributed by atoms with Crippen LogP contribution in [0.25, 0.3) is 0 Å². The number of aliphatic carboxylic acids is 1. The zero-order valence-electron chi connectivity index (χ0n) is 12.0. The van der Waals surface area contributed by atoms with Crippen LogP contribution in [0.15, 0.2) is 0 Å². The molecule has 3 N–H and O–H groups in total. The summed E-state index contributed by atoms with van der Waals surface area (Å²) in [7, 11) is 0. The van der Waals surface area contributed by atoms with E-state index in [4.69, 9.17) is 10.8 Å². The molecule has 0 amide bonds. The summed E-state index contributed by atoms with van der Waals surface area (Å²) in [6, 6.07) is 0.609. The molecule has 1 heterocycles. The van der Waals surface area contributed by atoms with Crippen LogP contribution in [0.2, 0.25) is 0 Å². The summed E-state index contributed by atoms with van der Waals surface area (Å²) in [5.41, 5.74) is 4.86. The summed E-state index contributed by atoms with van der Waals surface area (Å²) in [5.74, 6) is -0.128. The van der Waals surface area contributed by atoms with Crippen molar-refractivity contribution in [1.29, 1.82) is 0 Å². The van der Waals surface area contributed by atoms with Crippen LogP contribution in [0.3, 0.4) is 0 Å². The Morgan fingerprint density at radius 2 is 2.17 bits per heavy atom. The zero-order chi connectivity index (χ0) is 13.8. The highest BCUT2D eigenvalue weighted by Crippen LogP contribution is 2.24. The fraction of sp³-hybridized carbons (Fsp3) is 0.929. The van der Waals surface area contributed by atoms with E-state index in [9.17, 15) is 4.79 Å². The van der Waals surface area contributed by atoms with Gasteiger partial charge < -0.3 is 15.7 Å². The van der Waals surface area contributed by atoms with Gasteiger partial charge in [0.2, 0.25) is 0 Å². The third-order valence-electron chi connectivity index (χ3n) is 4.63. The fourth-order valence-corrected chi connectivity index (χ4v) is 2.77. The smallest absolute Gasteiger partial charge is 0.323 e. The second-order valence-electron chi connectivity index (χ2n) is 5.81. The number of likely N-dealkylation sites (tertiary alicyclic amines) is 1. The predicted molar refractivity (Wildman–Crippen MR) is 73.5 cm³/mol. The molecule has 1 aliphatic heterocycles. The molecule has 3 unspecified atom stereocenters. The predicted octanol–water partition coefficient (Wildman–Crippen LogP) is 2.08. The Balaban J connectivity index is 2.39. The van der Waals surface area contributed by atoms with E-state index in [0.717, 1.165) is 25.4 Å². The molecule has 0 aliphatic carbocycles. The number of carboxylic acids is 1. The first-order valence-electron chi connectivity index (χ1n) is 7.17. The van der Waals surface area contributed by atoms with Gasteiger partial charge >= 0.3 is 5.97 Å². The molecule has 0 bridgehead atoms. The molecule has 1 fully saturated rings. The van der Waals surface area contributed by atoms with E-state index in [2.05, 4.69) is 18.7 Å². The molecule has 0 saturated carbocycles. The van der Waals surface area contributed by atoms with Crippen molar-refractivity contribution in [2.45, 2.75) is 64.5 Å². The number of carboxylic acid groups (broad SMARTS) is 1. The van der Waals surface area contributed by atoms with Crippen molar-refractivity contribution in [1.82, 2.24) is 4.90 Å². The first-order chi connectivity index (χ1) is 8.40. The lowest BCUT2D eigenvalue weighted by molar-refractivity contribution is -0.143. The first kappa shape index (κ1) is 15.4. The molecule has 0 aromatic rings. The van der Waals surface area contributed by atoms with Gasteiger partial charge in [-0.25, -0.2) is 0 Å². The lowest BCUT2D eigenvalue weighted by Gasteiger charge is -2.38. The molecule has 106 valence electrons. The van der Waals surface area contributed by atoms with E-state index >= 15 is 0 Å². The quantitative estimate of drug-likeness (QED) is 0.763. The van der Waals surface area contributed by atoms with Crippen LogP contribution in [0.4, 0.5) is 0 Å². The molecule has 3 atom stereocenters. The minimum absolute atomic E-state index is 0.494. The monoisotopic (exact) mass is 256 g/mol. The number of carbonyl (C=O) groups is 1. The molecule has 4 nitrogen and oxygen atoms in total. The molecule has 18 heavy (non-hydrogen) atoms. The first-order valence-corrected chi connectivity index (χ1v) is 7.17. The number of rotatable bonds is 6. The Kier molecular flexibility index (Phi) is 5.60. The normalized spacial score (nSPS) is 28.9. The maximum Gasteiger partial charge on any atom is 0.323 e. The molecule has 4 heteroatoms. The van der Waals surface area contributed by atoms with Crippen molar-refractivity contribution in [3.8, 4) is 0 Å². The van der Waals surface area contributed by atoms with Gasteiger partial charge in [-0.05, 0) is 58.0 Å². The van der Waals surface area contributed by atoms with Gasteiger partial charge in [0.05, 0.1) is 0 Å². The highest BCUT2D eigenvalue weighted by atomic mass is 16.4. The molecule has 1 aliphatic rings. The van der Waals surface area contributed by atoms with Crippen molar-refractivity contribution in [3.05, 3.63) is 0 Å². The van der Waals surface area contributed by atoms with E-state index in [0.29, 0.717) is 18.9 Å². The minimum atomic E-state index is -1.04. The highest BCUT2D eigenvalue weighted by molar-refractivity contribution is 5.78. The molecular weight excluding hydrogens is 228 g/mol. The molecule has 0 radical (unpaired) electrons. The highest BCUT2D eigenvalue weighted by Gasteiger charge is 2.32. The van der Waals surface area contributed by atoms with Gasteiger partial charge in [0.1, 0.15) is 5.54 Å². The van der Waals surface area contributed by atoms with Crippen LogP contribution >= 0.6 is 0 Å². The Bertz CT molecular complexity index is 283. The Morgan fingerprint density at radius 1 is 1.50 bits per heavy atom. The Morgan fingerprint density at radius 3 is 2.72 bits per heavy atom. The van der Waals surface area contributed by atoms with Crippen LogP contribution < -0.4 is 5.73 Å². The van der Waals surface area contributed by atoms with E-state index in [1.54, 1.807) is 0 Å². The van der Waals surface area contributed by atoms with Crippen molar-refractivity contribution >= 4 is 5.97 Å². The van der Waals surface area contributed by atoms with Gasteiger partial charge in [-0.1, -0.05) is 13.8 Å². The van der Waals surface area contributed by atoms with Gasteiger partial charge in [0, 0.05) is 6.04 Å². The fourth-order valence-electron chi connectivity index (χ4n) is 2.77. The maximum absolute atomic E-state index is 11.1. The average Bonchev–Trinajstić information content (AvgIpc) is 2.34. The third-order valence-corrected chi connectivity index (χ3v) is 4.63. The van der Waals surface area contributed by atoms with E-state index < -0.39 is 11.5 Å². The summed E-state index contributed by atoms with van der Waals surface area (Å²) in [6.45, 7) is 8.53. The zero-order valence-corrected chi connectivity index (χ0v) is 12.0. The number of piperidine rings is 1. The van der Waals surface area contributed by atoms with Crippen LogP contribution in [-0.4, -0.2) is 40.6 Å². The van der Waals surface area contributed by atoms with Gasteiger partial charge in [-0.15, -0.1) is 0 Å². The average molecular weight is 256 g/mol. The molecule has 0 spiro atoms. The van der Waals surface area contributed by atoms with Gasteiger partial charge in [-0.2, -0.15) is 0 Å². The number of nitrogens with two attached hydrogens (primary N) is 1. The molecular formula is C14H28N2O2. The summed E-state index contributed by atoms with van der Waals surface area (Å²) in [6.07, 6.45) is 4.49. The Hall–Kier alpha value is -0.610. The molecule has 0 aromatic carbocycles. The SMILES string of the molecule is CCC(N)(CCCN1CCCC(C)C1C)C(=O)O. The maximum atomic E-state index is 11.1. The topological polar surface area (TPSA) is 66.6 Å². The van der Waals surface area contributed by atoms with Gasteiger partial charge in [0.15, 0.2) is 0 Å². The molecule has 1 rings (SSSR count). The van der Waals surface area contributed by atoms with Crippen LogP contribution in [0.5, 0.6) is 0 Å². The number of hydrogen-bond acceptors (Lipinski definition) is 3. The van der Waals surface area contributed by atoms with Gasteiger partial charge in [0.25, 0.3) is 0 Å². The minimum Gasteiger partial charge on any atom is -0.480 e. The molecule has 1 saturated heterocycles. The van der Waals surface area contributed by atoms with Crippen molar-refractivity contribution in [2.75, 3.05) is 13.1 Å². The van der Waals surface area contributed by atoms with Crippen molar-refractivity contribution < 1.29 is 9.90 Å². The summed E-state index contributed by atoms with van der Waals surface area (Å²) in [5, 5.41) is 9.12. The standard InChI is InChI=1S/C14H28N2O2/c1-4-14(15,13(17)18)8-6-10-16-9-5-7-11(2)12(16)3/h11-12H,4-10,15H2,1-3H3,(H,17,18). The number of nitrogens with zero attached hydrogens (tertiary/aromatic N) is 1. The molecule has 0 aromatic heterocycles. The largest absolute Gasteiger partial charge is 0.480 e. The van der Waals surface area contributed by atoms with Crippen molar-refractivity contribution in [3.63, 3.8) is 0 Å². The summed E-state index contributed by atoms with van der Waals surface area (Å²) >= 11 is 0. The van der Waals surface area contributed by atoms with E-state index in [1.165, 1.54) is 12.8 Å². The second-order valence-corrected chi connectivity index (χ2v) is 5.81. The van der Waals surface area contributed by atoms with Crippen LogP contribution in [0.1, 0.15) is 52.9 Å². The van der Waals surface area contributed by atoms with Crippen LogP contribution in [-0.2, 0) is 4.79 Å². The lowest BCUT2D eigenvalue weighted by atomic mass is 9.89. The van der Waals surface area contributed by atoms with E-state index in [1.807, 2.05) is 6.92 Å². The van der Waals surface area contributed by atoms with E-state index in [-0.39, 0.29) is 0 Å². The third kappa shape index (κ3) is 3.69. The lowest BCUT2D eigenvalue weighted by Crippen LogP contribution is -2.48. The second kappa shape index (κ2) is 6.53.